The van der Waals surface area contributed by atoms with Crippen molar-refractivity contribution in [1.82, 2.24) is 15.0 Å². The summed E-state index contributed by atoms with van der Waals surface area (Å²) in [5.41, 5.74) is 0.831. The summed E-state index contributed by atoms with van der Waals surface area (Å²) < 4.78 is 31.8. The van der Waals surface area contributed by atoms with E-state index in [-0.39, 0.29) is 11.4 Å². The maximum Gasteiger partial charge on any atom is 0.242 e. The van der Waals surface area contributed by atoms with Crippen LogP contribution in [0.2, 0.25) is 0 Å². The normalized spacial score (nSPS) is 12.2. The molecule has 0 atom stereocenters. The highest BCUT2D eigenvalue weighted by Crippen LogP contribution is 2.11. The smallest absolute Gasteiger partial charge is 0.242 e. The summed E-state index contributed by atoms with van der Waals surface area (Å²) in [5, 5.41) is 3.22. The molecule has 6 nitrogen and oxygen atoms in total. The second kappa shape index (κ2) is 6.25. The second-order valence-corrected chi connectivity index (χ2v) is 6.57. The first kappa shape index (κ1) is 14.8. The van der Waals surface area contributed by atoms with Crippen LogP contribution in [-0.4, -0.2) is 19.4 Å². The van der Waals surface area contributed by atoms with E-state index in [0.717, 1.165) is 5.69 Å². The molecule has 20 heavy (non-hydrogen) atoms. The minimum absolute atomic E-state index is 0.139. The van der Waals surface area contributed by atoms with Crippen LogP contribution >= 0.6 is 0 Å². The van der Waals surface area contributed by atoms with Gasteiger partial charge in [0.15, 0.2) is 0 Å². The first-order valence-corrected chi connectivity index (χ1v) is 7.88. The molecular weight excluding hydrogens is 278 g/mol. The van der Waals surface area contributed by atoms with Crippen molar-refractivity contribution in [3.63, 3.8) is 0 Å². The fourth-order valence-corrected chi connectivity index (χ4v) is 2.66. The van der Waals surface area contributed by atoms with Gasteiger partial charge in [-0.15, -0.1) is 0 Å². The first-order chi connectivity index (χ1) is 9.47. The summed E-state index contributed by atoms with van der Waals surface area (Å²) in [7, 11) is -3.52. The van der Waals surface area contributed by atoms with Gasteiger partial charge in [-0.05, 0) is 18.2 Å². The Morgan fingerprint density at radius 1 is 1.35 bits per heavy atom. The molecule has 7 heteroatoms. The van der Waals surface area contributed by atoms with Crippen LogP contribution in [0.1, 0.15) is 25.3 Å². The SMILES string of the molecule is CC(C)NCc1cc(S(=O)(=O)NCc2ccco2)c[nH]1. The molecule has 2 heterocycles. The van der Waals surface area contributed by atoms with Gasteiger partial charge in [-0.2, -0.15) is 0 Å². The average Bonchev–Trinajstić information content (AvgIpc) is 3.05. The minimum Gasteiger partial charge on any atom is -0.468 e. The number of furan rings is 1. The summed E-state index contributed by atoms with van der Waals surface area (Å²) in [5.74, 6) is 0.575. The molecule has 2 rings (SSSR count). The van der Waals surface area contributed by atoms with E-state index in [2.05, 4.69) is 15.0 Å². The minimum atomic E-state index is -3.52. The van der Waals surface area contributed by atoms with Crippen LogP contribution in [0, 0.1) is 0 Å². The summed E-state index contributed by atoms with van der Waals surface area (Å²) in [6.07, 6.45) is 3.00. The van der Waals surface area contributed by atoms with Gasteiger partial charge in [0.1, 0.15) is 5.76 Å². The third kappa shape index (κ3) is 3.96. The Hall–Kier alpha value is -1.57. The third-order valence-corrected chi connectivity index (χ3v) is 4.12. The van der Waals surface area contributed by atoms with Crippen LogP contribution in [0.25, 0.3) is 0 Å². The molecule has 0 saturated heterocycles. The molecule has 0 radical (unpaired) electrons. The molecule has 3 N–H and O–H groups in total. The zero-order valence-electron chi connectivity index (χ0n) is 11.5. The van der Waals surface area contributed by atoms with Gasteiger partial charge in [-0.3, -0.25) is 0 Å². The lowest BCUT2D eigenvalue weighted by Gasteiger charge is -2.05. The van der Waals surface area contributed by atoms with E-state index in [0.29, 0.717) is 18.3 Å². The monoisotopic (exact) mass is 297 g/mol. The predicted octanol–water partition coefficient (Wildman–Crippen LogP) is 1.58. The van der Waals surface area contributed by atoms with Crippen LogP contribution in [0.4, 0.5) is 0 Å². The number of hydrogen-bond acceptors (Lipinski definition) is 4. The number of H-pyrrole nitrogens is 1. The van der Waals surface area contributed by atoms with Crippen molar-refractivity contribution >= 4 is 10.0 Å². The molecule has 0 aromatic carbocycles. The molecule has 0 spiro atoms. The van der Waals surface area contributed by atoms with Gasteiger partial charge in [0.2, 0.25) is 10.0 Å². The van der Waals surface area contributed by atoms with E-state index in [1.807, 2.05) is 13.8 Å². The molecule has 0 saturated carbocycles. The summed E-state index contributed by atoms with van der Waals surface area (Å²) in [4.78, 5) is 3.18. The highest BCUT2D eigenvalue weighted by molar-refractivity contribution is 7.89. The van der Waals surface area contributed by atoms with Crippen molar-refractivity contribution in [2.45, 2.75) is 37.9 Å². The zero-order valence-corrected chi connectivity index (χ0v) is 12.3. The van der Waals surface area contributed by atoms with E-state index in [1.54, 1.807) is 18.2 Å². The van der Waals surface area contributed by atoms with Gasteiger partial charge in [-0.25, -0.2) is 13.1 Å². The zero-order chi connectivity index (χ0) is 14.6. The van der Waals surface area contributed by atoms with Crippen molar-refractivity contribution in [2.75, 3.05) is 0 Å². The molecule has 0 unspecified atom stereocenters. The lowest BCUT2D eigenvalue weighted by molar-refractivity contribution is 0.498. The fraction of sp³-hybridized carbons (Fsp3) is 0.385. The predicted molar refractivity (Wildman–Crippen MR) is 75.5 cm³/mol. The highest BCUT2D eigenvalue weighted by atomic mass is 32.2. The van der Waals surface area contributed by atoms with E-state index < -0.39 is 10.0 Å². The van der Waals surface area contributed by atoms with E-state index in [4.69, 9.17) is 4.42 Å². The molecule has 0 aliphatic carbocycles. The van der Waals surface area contributed by atoms with Gasteiger partial charge < -0.3 is 14.7 Å². The standard InChI is InChI=1S/C13H19N3O3S/c1-10(2)14-7-11-6-13(9-15-11)20(17,18)16-8-12-4-3-5-19-12/h3-6,9-10,14-16H,7-8H2,1-2H3. The van der Waals surface area contributed by atoms with Gasteiger partial charge >= 0.3 is 0 Å². The van der Waals surface area contributed by atoms with Crippen LogP contribution in [-0.2, 0) is 23.1 Å². The maximum atomic E-state index is 12.1. The number of hydrogen-bond donors (Lipinski definition) is 3. The third-order valence-electron chi connectivity index (χ3n) is 2.74. The number of aromatic nitrogens is 1. The van der Waals surface area contributed by atoms with Crippen molar-refractivity contribution in [3.05, 3.63) is 42.1 Å². The van der Waals surface area contributed by atoms with Crippen molar-refractivity contribution in [3.8, 4) is 0 Å². The Morgan fingerprint density at radius 3 is 2.80 bits per heavy atom. The Balaban J connectivity index is 1.98. The Bertz CT molecular complexity index is 630. The van der Waals surface area contributed by atoms with Gasteiger partial charge in [0.25, 0.3) is 0 Å². The van der Waals surface area contributed by atoms with Crippen molar-refractivity contribution < 1.29 is 12.8 Å². The summed E-state index contributed by atoms with van der Waals surface area (Å²) in [6.45, 7) is 4.81. The van der Waals surface area contributed by atoms with E-state index >= 15 is 0 Å². The molecule has 2 aromatic heterocycles. The van der Waals surface area contributed by atoms with E-state index in [9.17, 15) is 8.42 Å². The van der Waals surface area contributed by atoms with E-state index in [1.165, 1.54) is 12.5 Å². The van der Waals surface area contributed by atoms with Crippen LogP contribution < -0.4 is 10.0 Å². The topological polar surface area (TPSA) is 87.1 Å². The van der Waals surface area contributed by atoms with Crippen molar-refractivity contribution in [2.24, 2.45) is 0 Å². The lowest BCUT2D eigenvalue weighted by atomic mass is 10.3. The second-order valence-electron chi connectivity index (χ2n) is 4.80. The van der Waals surface area contributed by atoms with Gasteiger partial charge in [-0.1, -0.05) is 13.8 Å². The number of sulfonamides is 1. The van der Waals surface area contributed by atoms with Gasteiger partial charge in [0, 0.05) is 24.5 Å². The molecule has 2 aromatic rings. The fourth-order valence-electron chi connectivity index (χ4n) is 1.65. The maximum absolute atomic E-state index is 12.1. The number of aromatic amines is 1. The average molecular weight is 297 g/mol. The summed E-state index contributed by atoms with van der Waals surface area (Å²) in [6, 6.07) is 5.41. The highest BCUT2D eigenvalue weighted by Gasteiger charge is 2.16. The lowest BCUT2D eigenvalue weighted by Crippen LogP contribution is -2.23. The summed E-state index contributed by atoms with van der Waals surface area (Å²) >= 11 is 0. The molecule has 0 aliphatic heterocycles. The number of nitrogens with one attached hydrogen (secondary N) is 3. The van der Waals surface area contributed by atoms with Crippen LogP contribution in [0.5, 0.6) is 0 Å². The quantitative estimate of drug-likeness (QED) is 0.724. The van der Waals surface area contributed by atoms with Crippen LogP contribution in [0.15, 0.2) is 40.0 Å². The first-order valence-electron chi connectivity index (χ1n) is 6.40. The molecule has 0 aliphatic rings. The van der Waals surface area contributed by atoms with Gasteiger partial charge in [0.05, 0.1) is 17.7 Å². The Morgan fingerprint density at radius 2 is 2.15 bits per heavy atom. The Labute approximate surface area is 118 Å². The number of rotatable bonds is 7. The Kier molecular flexibility index (Phi) is 4.64. The largest absolute Gasteiger partial charge is 0.468 e. The molecule has 0 amide bonds. The van der Waals surface area contributed by atoms with Crippen LogP contribution in [0.3, 0.4) is 0 Å². The molecular formula is C13H19N3O3S. The molecule has 110 valence electrons. The van der Waals surface area contributed by atoms with Crippen molar-refractivity contribution in [1.29, 1.82) is 0 Å². The molecule has 0 fully saturated rings. The molecule has 0 bridgehead atoms.